The molecule has 1 heterocycles. The molecule has 17 heavy (non-hydrogen) atoms. The van der Waals surface area contributed by atoms with Crippen LogP contribution in [0.1, 0.15) is 25.2 Å². The summed E-state index contributed by atoms with van der Waals surface area (Å²) in [5, 5.41) is 25.5. The number of aryl methyl sites for hydroxylation is 2. The van der Waals surface area contributed by atoms with E-state index in [0.29, 0.717) is 13.1 Å². The predicted molar refractivity (Wildman–Crippen MR) is 69.8 cm³/mol. The van der Waals surface area contributed by atoms with Gasteiger partial charge in [-0.3, -0.25) is 4.68 Å². The minimum absolute atomic E-state index is 0.221. The lowest BCUT2D eigenvalue weighted by molar-refractivity contribution is 0.0940. The number of aliphatic hydroxyl groups excluding tert-OH is 2. The Kier molecular flexibility index (Phi) is 6.11. The van der Waals surface area contributed by atoms with Crippen LogP contribution in [0, 0.1) is 0 Å². The van der Waals surface area contributed by atoms with Gasteiger partial charge in [-0.25, -0.2) is 0 Å². The Morgan fingerprint density at radius 3 is 2.71 bits per heavy atom. The molecule has 5 nitrogen and oxygen atoms in total. The van der Waals surface area contributed by atoms with E-state index in [4.69, 9.17) is 5.11 Å². The summed E-state index contributed by atoms with van der Waals surface area (Å²) >= 11 is 3.55. The van der Waals surface area contributed by atoms with Gasteiger partial charge >= 0.3 is 0 Å². The number of hydrogen-bond acceptors (Lipinski definition) is 4. The van der Waals surface area contributed by atoms with E-state index in [-0.39, 0.29) is 6.61 Å². The molecule has 0 amide bonds. The maximum absolute atomic E-state index is 9.24. The number of nitrogens with zero attached hydrogens (tertiary/aromatic N) is 2. The number of rotatable bonds is 7. The molecule has 0 radical (unpaired) electrons. The van der Waals surface area contributed by atoms with Crippen LogP contribution in [0.4, 0.5) is 0 Å². The average Bonchev–Trinajstić information content (AvgIpc) is 2.65. The van der Waals surface area contributed by atoms with E-state index < -0.39 is 6.10 Å². The Hall–Kier alpha value is -0.430. The number of halogens is 1. The zero-order valence-corrected chi connectivity index (χ0v) is 11.9. The standard InChI is InChI=1S/C11H20BrN3O2/c1-3-9-11(12)10(15(4-2)14-9)6-13-5-8(17)7-16/h8,13,16-17H,3-7H2,1-2H3. The van der Waals surface area contributed by atoms with E-state index in [1.807, 2.05) is 11.6 Å². The van der Waals surface area contributed by atoms with Gasteiger partial charge in [-0.2, -0.15) is 5.10 Å². The molecule has 0 saturated heterocycles. The highest BCUT2D eigenvalue weighted by molar-refractivity contribution is 9.10. The number of aliphatic hydroxyl groups is 2. The highest BCUT2D eigenvalue weighted by Gasteiger charge is 2.13. The van der Waals surface area contributed by atoms with E-state index in [2.05, 4.69) is 33.3 Å². The normalized spacial score (nSPS) is 13.0. The van der Waals surface area contributed by atoms with E-state index in [9.17, 15) is 5.11 Å². The highest BCUT2D eigenvalue weighted by atomic mass is 79.9. The minimum Gasteiger partial charge on any atom is -0.394 e. The van der Waals surface area contributed by atoms with E-state index >= 15 is 0 Å². The molecule has 3 N–H and O–H groups in total. The first-order chi connectivity index (χ1) is 8.13. The summed E-state index contributed by atoms with van der Waals surface area (Å²) in [7, 11) is 0. The van der Waals surface area contributed by atoms with Crippen molar-refractivity contribution in [2.45, 2.75) is 39.5 Å². The van der Waals surface area contributed by atoms with Crippen molar-refractivity contribution < 1.29 is 10.2 Å². The first-order valence-electron chi connectivity index (χ1n) is 5.87. The van der Waals surface area contributed by atoms with Crippen molar-refractivity contribution in [3.8, 4) is 0 Å². The lowest BCUT2D eigenvalue weighted by Gasteiger charge is -2.10. The maximum Gasteiger partial charge on any atom is 0.0895 e. The SMILES string of the molecule is CCc1nn(CC)c(CNCC(O)CO)c1Br. The summed E-state index contributed by atoms with van der Waals surface area (Å²) in [6, 6.07) is 0. The van der Waals surface area contributed by atoms with Gasteiger partial charge in [0, 0.05) is 19.6 Å². The monoisotopic (exact) mass is 305 g/mol. The Balaban J connectivity index is 2.66. The molecule has 0 fully saturated rings. The topological polar surface area (TPSA) is 70.3 Å². The molecule has 1 aromatic heterocycles. The largest absolute Gasteiger partial charge is 0.394 e. The predicted octanol–water partition coefficient (Wildman–Crippen LogP) is 0.671. The second-order valence-corrected chi connectivity index (χ2v) is 4.64. The number of aromatic nitrogens is 2. The summed E-state index contributed by atoms with van der Waals surface area (Å²) in [6.07, 6.45) is 0.178. The third kappa shape index (κ3) is 3.77. The zero-order chi connectivity index (χ0) is 12.8. The minimum atomic E-state index is -0.711. The molecule has 0 spiro atoms. The zero-order valence-electron chi connectivity index (χ0n) is 10.3. The van der Waals surface area contributed by atoms with Crippen LogP contribution in [0.25, 0.3) is 0 Å². The summed E-state index contributed by atoms with van der Waals surface area (Å²) in [5.41, 5.74) is 2.13. The Morgan fingerprint density at radius 1 is 1.47 bits per heavy atom. The fourth-order valence-corrected chi connectivity index (χ4v) is 2.31. The second-order valence-electron chi connectivity index (χ2n) is 3.84. The van der Waals surface area contributed by atoms with Crippen molar-refractivity contribution in [3.63, 3.8) is 0 Å². The summed E-state index contributed by atoms with van der Waals surface area (Å²) in [4.78, 5) is 0. The molecular weight excluding hydrogens is 286 g/mol. The van der Waals surface area contributed by atoms with Crippen LogP contribution in [0.5, 0.6) is 0 Å². The molecule has 98 valence electrons. The van der Waals surface area contributed by atoms with E-state index in [0.717, 1.165) is 28.8 Å². The third-order valence-electron chi connectivity index (χ3n) is 2.58. The Morgan fingerprint density at radius 2 is 2.18 bits per heavy atom. The van der Waals surface area contributed by atoms with Gasteiger partial charge in [-0.15, -0.1) is 0 Å². The van der Waals surface area contributed by atoms with Gasteiger partial charge in [0.15, 0.2) is 0 Å². The third-order valence-corrected chi connectivity index (χ3v) is 3.49. The fourth-order valence-electron chi connectivity index (χ4n) is 1.61. The number of nitrogens with one attached hydrogen (secondary N) is 1. The molecule has 0 aliphatic heterocycles. The van der Waals surface area contributed by atoms with E-state index in [1.165, 1.54) is 0 Å². The smallest absolute Gasteiger partial charge is 0.0895 e. The fraction of sp³-hybridized carbons (Fsp3) is 0.727. The number of hydrogen-bond donors (Lipinski definition) is 3. The van der Waals surface area contributed by atoms with Gasteiger partial charge in [0.05, 0.1) is 28.6 Å². The molecular formula is C11H20BrN3O2. The van der Waals surface area contributed by atoms with Crippen molar-refractivity contribution in [1.29, 1.82) is 0 Å². The van der Waals surface area contributed by atoms with Crippen molar-refractivity contribution in [2.24, 2.45) is 0 Å². The van der Waals surface area contributed by atoms with Crippen molar-refractivity contribution in [1.82, 2.24) is 15.1 Å². The quantitative estimate of drug-likeness (QED) is 0.692. The first-order valence-corrected chi connectivity index (χ1v) is 6.66. The van der Waals surface area contributed by atoms with Crippen LogP contribution < -0.4 is 5.32 Å². The summed E-state index contributed by atoms with van der Waals surface area (Å²) in [5.74, 6) is 0. The highest BCUT2D eigenvalue weighted by Crippen LogP contribution is 2.22. The van der Waals surface area contributed by atoms with Crippen molar-refractivity contribution in [3.05, 3.63) is 15.9 Å². The lowest BCUT2D eigenvalue weighted by atomic mass is 10.3. The van der Waals surface area contributed by atoms with Crippen LogP contribution in [0.2, 0.25) is 0 Å². The molecule has 0 aromatic carbocycles. The average molecular weight is 306 g/mol. The van der Waals surface area contributed by atoms with Crippen LogP contribution in [-0.2, 0) is 19.5 Å². The van der Waals surface area contributed by atoms with Gasteiger partial charge in [0.1, 0.15) is 0 Å². The molecule has 1 unspecified atom stereocenters. The first kappa shape index (κ1) is 14.6. The Bertz CT molecular complexity index is 355. The van der Waals surface area contributed by atoms with Crippen molar-refractivity contribution >= 4 is 15.9 Å². The van der Waals surface area contributed by atoms with Gasteiger partial charge in [-0.1, -0.05) is 6.92 Å². The molecule has 1 rings (SSSR count). The molecule has 1 aromatic rings. The Labute approximate surface area is 110 Å². The van der Waals surface area contributed by atoms with Gasteiger partial charge < -0.3 is 15.5 Å². The molecule has 1 atom stereocenters. The summed E-state index contributed by atoms with van der Waals surface area (Å²) < 4.78 is 2.98. The van der Waals surface area contributed by atoms with Crippen LogP contribution >= 0.6 is 15.9 Å². The molecule has 0 bridgehead atoms. The second kappa shape index (κ2) is 7.10. The summed E-state index contributed by atoms with van der Waals surface area (Å²) in [6.45, 7) is 5.71. The van der Waals surface area contributed by atoms with E-state index in [1.54, 1.807) is 0 Å². The van der Waals surface area contributed by atoms with Crippen LogP contribution in [0.15, 0.2) is 4.47 Å². The van der Waals surface area contributed by atoms with Crippen molar-refractivity contribution in [2.75, 3.05) is 13.2 Å². The van der Waals surface area contributed by atoms with Crippen LogP contribution in [0.3, 0.4) is 0 Å². The van der Waals surface area contributed by atoms with Gasteiger partial charge in [0.25, 0.3) is 0 Å². The van der Waals surface area contributed by atoms with Crippen LogP contribution in [-0.4, -0.2) is 39.2 Å². The molecule has 6 heteroatoms. The molecule has 0 aliphatic rings. The lowest BCUT2D eigenvalue weighted by Crippen LogP contribution is -2.29. The molecule has 0 aliphatic carbocycles. The van der Waals surface area contributed by atoms with Gasteiger partial charge in [-0.05, 0) is 29.3 Å². The van der Waals surface area contributed by atoms with Gasteiger partial charge in [0.2, 0.25) is 0 Å². The molecule has 0 saturated carbocycles. The maximum atomic E-state index is 9.24.